The molecule has 1 heterocycles. The van der Waals surface area contributed by atoms with Crippen LogP contribution < -0.4 is 5.32 Å². The molecule has 0 radical (unpaired) electrons. The maximum absolute atomic E-state index is 6.07. The SMILES string of the molecule is Cc1cc(C2OCCCC2CNCC(C)C)ccc1Br. The zero-order valence-electron chi connectivity index (χ0n) is 12.8. The first-order valence-corrected chi connectivity index (χ1v) is 8.45. The van der Waals surface area contributed by atoms with Gasteiger partial charge < -0.3 is 10.1 Å². The van der Waals surface area contributed by atoms with Crippen molar-refractivity contribution in [3.8, 4) is 0 Å². The van der Waals surface area contributed by atoms with E-state index in [0.717, 1.165) is 19.7 Å². The van der Waals surface area contributed by atoms with Crippen LogP contribution >= 0.6 is 15.9 Å². The molecule has 0 spiro atoms. The van der Waals surface area contributed by atoms with Gasteiger partial charge in [0.1, 0.15) is 0 Å². The van der Waals surface area contributed by atoms with Crippen LogP contribution in [-0.2, 0) is 4.74 Å². The Kier molecular flexibility index (Phi) is 6.06. The number of nitrogens with one attached hydrogen (secondary N) is 1. The fourth-order valence-electron chi connectivity index (χ4n) is 2.82. The van der Waals surface area contributed by atoms with Crippen molar-refractivity contribution in [2.45, 2.75) is 39.7 Å². The maximum Gasteiger partial charge on any atom is 0.0865 e. The van der Waals surface area contributed by atoms with E-state index in [1.54, 1.807) is 0 Å². The third kappa shape index (κ3) is 4.31. The van der Waals surface area contributed by atoms with Gasteiger partial charge in [-0.15, -0.1) is 0 Å². The normalized spacial score (nSPS) is 23.2. The summed E-state index contributed by atoms with van der Waals surface area (Å²) in [6.45, 7) is 9.67. The highest BCUT2D eigenvalue weighted by atomic mass is 79.9. The van der Waals surface area contributed by atoms with Gasteiger partial charge in [0.15, 0.2) is 0 Å². The molecule has 20 heavy (non-hydrogen) atoms. The first-order valence-electron chi connectivity index (χ1n) is 7.66. The molecular formula is C17H26BrNO. The molecule has 1 saturated heterocycles. The first kappa shape index (κ1) is 16.0. The minimum Gasteiger partial charge on any atom is -0.373 e. The van der Waals surface area contributed by atoms with Gasteiger partial charge in [-0.25, -0.2) is 0 Å². The molecule has 112 valence electrons. The van der Waals surface area contributed by atoms with Gasteiger partial charge in [0, 0.05) is 23.5 Å². The fourth-order valence-corrected chi connectivity index (χ4v) is 3.07. The summed E-state index contributed by atoms with van der Waals surface area (Å²) in [5, 5.41) is 3.59. The molecule has 0 amide bonds. The molecule has 1 aromatic carbocycles. The highest BCUT2D eigenvalue weighted by molar-refractivity contribution is 9.10. The number of aryl methyl sites for hydroxylation is 1. The zero-order valence-corrected chi connectivity index (χ0v) is 14.4. The van der Waals surface area contributed by atoms with Crippen LogP contribution in [0, 0.1) is 18.8 Å². The van der Waals surface area contributed by atoms with Crippen LogP contribution in [-0.4, -0.2) is 19.7 Å². The summed E-state index contributed by atoms with van der Waals surface area (Å²) in [5.74, 6) is 1.29. The van der Waals surface area contributed by atoms with Crippen molar-refractivity contribution < 1.29 is 4.74 Å². The minimum atomic E-state index is 0.246. The van der Waals surface area contributed by atoms with Crippen molar-refractivity contribution in [2.75, 3.05) is 19.7 Å². The van der Waals surface area contributed by atoms with Crippen LogP contribution in [0.25, 0.3) is 0 Å². The van der Waals surface area contributed by atoms with Crippen LogP contribution in [0.2, 0.25) is 0 Å². The predicted octanol–water partition coefficient (Wildman–Crippen LogP) is 4.47. The first-order chi connectivity index (χ1) is 9.58. The average molecular weight is 340 g/mol. The second-order valence-electron chi connectivity index (χ2n) is 6.25. The maximum atomic E-state index is 6.07. The number of rotatable bonds is 5. The van der Waals surface area contributed by atoms with E-state index in [9.17, 15) is 0 Å². The van der Waals surface area contributed by atoms with Gasteiger partial charge in [-0.05, 0) is 49.4 Å². The van der Waals surface area contributed by atoms with Crippen molar-refractivity contribution in [3.63, 3.8) is 0 Å². The predicted molar refractivity (Wildman–Crippen MR) is 88.0 cm³/mol. The van der Waals surface area contributed by atoms with E-state index in [0.29, 0.717) is 11.8 Å². The van der Waals surface area contributed by atoms with E-state index in [1.165, 1.54) is 28.4 Å². The molecule has 1 aliphatic heterocycles. The third-order valence-electron chi connectivity index (χ3n) is 3.91. The Hall–Kier alpha value is -0.380. The van der Waals surface area contributed by atoms with Crippen LogP contribution in [0.3, 0.4) is 0 Å². The van der Waals surface area contributed by atoms with Gasteiger partial charge in [0.2, 0.25) is 0 Å². The van der Waals surface area contributed by atoms with Gasteiger partial charge >= 0.3 is 0 Å². The second-order valence-corrected chi connectivity index (χ2v) is 7.11. The molecule has 2 unspecified atom stereocenters. The Labute approximate surface area is 131 Å². The number of hydrogen-bond donors (Lipinski definition) is 1. The molecule has 0 saturated carbocycles. The number of ether oxygens (including phenoxy) is 1. The van der Waals surface area contributed by atoms with Gasteiger partial charge in [0.25, 0.3) is 0 Å². The fraction of sp³-hybridized carbons (Fsp3) is 0.647. The molecule has 2 atom stereocenters. The average Bonchev–Trinajstić information content (AvgIpc) is 2.42. The van der Waals surface area contributed by atoms with E-state index >= 15 is 0 Å². The van der Waals surface area contributed by atoms with Gasteiger partial charge in [0.05, 0.1) is 6.10 Å². The van der Waals surface area contributed by atoms with E-state index in [1.807, 2.05) is 0 Å². The quantitative estimate of drug-likeness (QED) is 0.854. The lowest BCUT2D eigenvalue weighted by atomic mass is 9.89. The van der Waals surface area contributed by atoms with E-state index < -0.39 is 0 Å². The summed E-state index contributed by atoms with van der Waals surface area (Å²) in [7, 11) is 0. The molecule has 3 heteroatoms. The topological polar surface area (TPSA) is 21.3 Å². The van der Waals surface area contributed by atoms with Crippen LogP contribution in [0.5, 0.6) is 0 Å². The second kappa shape index (κ2) is 7.58. The standard InChI is InChI=1S/C17H26BrNO/c1-12(2)10-19-11-15-5-4-8-20-17(15)14-6-7-16(18)13(3)9-14/h6-7,9,12,15,17,19H,4-5,8,10-11H2,1-3H3. The largest absolute Gasteiger partial charge is 0.373 e. The molecule has 1 fully saturated rings. The summed E-state index contributed by atoms with van der Waals surface area (Å²) in [6.07, 6.45) is 2.68. The van der Waals surface area contributed by atoms with Crippen molar-refractivity contribution in [1.82, 2.24) is 5.32 Å². The van der Waals surface area contributed by atoms with Crippen LogP contribution in [0.1, 0.15) is 43.9 Å². The molecule has 2 nitrogen and oxygen atoms in total. The molecule has 0 aromatic heterocycles. The molecule has 1 aromatic rings. The van der Waals surface area contributed by atoms with Crippen LogP contribution in [0.4, 0.5) is 0 Å². The lowest BCUT2D eigenvalue weighted by Crippen LogP contribution is -2.33. The van der Waals surface area contributed by atoms with Gasteiger partial charge in [-0.3, -0.25) is 0 Å². The molecule has 1 N–H and O–H groups in total. The monoisotopic (exact) mass is 339 g/mol. The summed E-state index contributed by atoms with van der Waals surface area (Å²) >= 11 is 3.57. The summed E-state index contributed by atoms with van der Waals surface area (Å²) in [6, 6.07) is 6.60. The summed E-state index contributed by atoms with van der Waals surface area (Å²) in [5.41, 5.74) is 2.60. The van der Waals surface area contributed by atoms with Crippen molar-refractivity contribution in [2.24, 2.45) is 11.8 Å². The lowest BCUT2D eigenvalue weighted by molar-refractivity contribution is -0.0279. The third-order valence-corrected chi connectivity index (χ3v) is 4.80. The Morgan fingerprint density at radius 2 is 2.20 bits per heavy atom. The molecule has 0 aliphatic carbocycles. The number of benzene rings is 1. The molecule has 1 aliphatic rings. The highest BCUT2D eigenvalue weighted by Gasteiger charge is 2.27. The Balaban J connectivity index is 2.03. The molecular weight excluding hydrogens is 314 g/mol. The molecule has 0 bridgehead atoms. The van der Waals surface area contributed by atoms with Crippen molar-refractivity contribution in [1.29, 1.82) is 0 Å². The van der Waals surface area contributed by atoms with Gasteiger partial charge in [-0.2, -0.15) is 0 Å². The van der Waals surface area contributed by atoms with Crippen molar-refractivity contribution >= 4 is 15.9 Å². The Bertz CT molecular complexity index is 433. The lowest BCUT2D eigenvalue weighted by Gasteiger charge is -2.33. The van der Waals surface area contributed by atoms with E-state index in [4.69, 9.17) is 4.74 Å². The number of halogens is 1. The highest BCUT2D eigenvalue weighted by Crippen LogP contribution is 2.34. The number of hydrogen-bond acceptors (Lipinski definition) is 2. The van der Waals surface area contributed by atoms with Crippen molar-refractivity contribution in [3.05, 3.63) is 33.8 Å². The Morgan fingerprint density at radius 1 is 1.40 bits per heavy atom. The van der Waals surface area contributed by atoms with Gasteiger partial charge in [-0.1, -0.05) is 41.9 Å². The zero-order chi connectivity index (χ0) is 14.5. The Morgan fingerprint density at radius 3 is 2.90 bits per heavy atom. The minimum absolute atomic E-state index is 0.246. The smallest absolute Gasteiger partial charge is 0.0865 e. The summed E-state index contributed by atoms with van der Waals surface area (Å²) in [4.78, 5) is 0. The van der Waals surface area contributed by atoms with E-state index in [2.05, 4.69) is 60.2 Å². The van der Waals surface area contributed by atoms with E-state index in [-0.39, 0.29) is 6.10 Å². The van der Waals surface area contributed by atoms with Crippen LogP contribution in [0.15, 0.2) is 22.7 Å². The molecule has 2 rings (SSSR count). The summed E-state index contributed by atoms with van der Waals surface area (Å²) < 4.78 is 7.25.